The van der Waals surface area contributed by atoms with Gasteiger partial charge in [0.25, 0.3) is 5.56 Å². The summed E-state index contributed by atoms with van der Waals surface area (Å²) in [7, 11) is 1.57. The minimum atomic E-state index is -0.586. The van der Waals surface area contributed by atoms with Gasteiger partial charge in [-0.05, 0) is 6.07 Å². The van der Waals surface area contributed by atoms with Crippen molar-refractivity contribution in [3.8, 4) is 0 Å². The number of aldehydes is 2. The summed E-state index contributed by atoms with van der Waals surface area (Å²) in [6.45, 7) is -0.214. The normalized spacial score (nSPS) is 11.1. The van der Waals surface area contributed by atoms with Gasteiger partial charge >= 0.3 is 5.69 Å². The minimum absolute atomic E-state index is 0.0905. The molecule has 0 bridgehead atoms. The van der Waals surface area contributed by atoms with Gasteiger partial charge in [-0.1, -0.05) is 0 Å². The summed E-state index contributed by atoms with van der Waals surface area (Å²) in [5.41, 5.74) is 0.250. The van der Waals surface area contributed by atoms with Crippen LogP contribution in [0, 0.1) is 0 Å². The summed E-state index contributed by atoms with van der Waals surface area (Å²) >= 11 is 0. The second-order valence-electron chi connectivity index (χ2n) is 4.55. The Hall–Kier alpha value is -3.03. The number of rotatable bonds is 3. The number of carbonyl (C=O) groups excluding carboxylic acids is 2. The topological polar surface area (TPSA) is 107 Å². The van der Waals surface area contributed by atoms with E-state index < -0.39 is 5.56 Å². The summed E-state index contributed by atoms with van der Waals surface area (Å²) in [5.74, 6) is 0. The van der Waals surface area contributed by atoms with E-state index in [-0.39, 0.29) is 23.4 Å². The highest BCUT2D eigenvalue weighted by Crippen LogP contribution is 2.20. The Bertz CT molecular complexity index is 1010. The van der Waals surface area contributed by atoms with E-state index in [0.29, 0.717) is 29.0 Å². The molecule has 0 unspecified atom stereocenters. The lowest BCUT2D eigenvalue weighted by Gasteiger charge is -2.08. The molecule has 8 heteroatoms. The molecular formula is C13H10N4O4. The Balaban J connectivity index is 2.63. The van der Waals surface area contributed by atoms with Gasteiger partial charge < -0.3 is 9.78 Å². The molecule has 3 aromatic heterocycles. The van der Waals surface area contributed by atoms with Crippen LogP contribution in [0.2, 0.25) is 0 Å². The molecular weight excluding hydrogens is 276 g/mol. The molecule has 0 atom stereocenters. The highest BCUT2D eigenvalue weighted by Gasteiger charge is 2.15. The molecule has 3 rings (SSSR count). The predicted octanol–water partition coefficient (Wildman–Crippen LogP) is -0.412. The smallest absolute Gasteiger partial charge is 0.304 e. The predicted molar refractivity (Wildman–Crippen MR) is 74.6 cm³/mol. The maximum Gasteiger partial charge on any atom is 0.326 e. The lowest BCUT2D eigenvalue weighted by molar-refractivity contribution is -0.108. The number of carbonyl (C=O) groups is 2. The summed E-state index contributed by atoms with van der Waals surface area (Å²) in [6.07, 6.45) is 2.39. The molecule has 0 aliphatic rings. The summed E-state index contributed by atoms with van der Waals surface area (Å²) in [5, 5.41) is 0.455. The van der Waals surface area contributed by atoms with E-state index in [0.717, 1.165) is 4.57 Å². The number of H-pyrrole nitrogens is 1. The van der Waals surface area contributed by atoms with Crippen molar-refractivity contribution in [1.82, 2.24) is 19.1 Å². The van der Waals surface area contributed by atoms with E-state index >= 15 is 0 Å². The number of pyridine rings is 2. The van der Waals surface area contributed by atoms with E-state index in [9.17, 15) is 19.2 Å². The van der Waals surface area contributed by atoms with E-state index in [1.165, 1.54) is 16.8 Å². The SMILES string of the molecule is Cn1c(=O)[nH]c2cnc3c(cc(C=O)c(=O)n3CC=O)c21. The van der Waals surface area contributed by atoms with Crippen LogP contribution in [0.25, 0.3) is 22.1 Å². The molecule has 8 nitrogen and oxygen atoms in total. The molecule has 3 aromatic rings. The Kier molecular flexibility index (Phi) is 2.79. The number of aryl methyl sites for hydroxylation is 1. The summed E-state index contributed by atoms with van der Waals surface area (Å²) in [4.78, 5) is 52.4. The zero-order valence-corrected chi connectivity index (χ0v) is 11.0. The molecule has 21 heavy (non-hydrogen) atoms. The monoisotopic (exact) mass is 286 g/mol. The maximum atomic E-state index is 12.1. The minimum Gasteiger partial charge on any atom is -0.304 e. The Morgan fingerprint density at radius 3 is 2.76 bits per heavy atom. The number of aromatic nitrogens is 4. The van der Waals surface area contributed by atoms with Crippen molar-refractivity contribution in [1.29, 1.82) is 0 Å². The summed E-state index contributed by atoms with van der Waals surface area (Å²) in [6, 6.07) is 1.38. The first-order chi connectivity index (χ1) is 10.1. The van der Waals surface area contributed by atoms with Crippen LogP contribution >= 0.6 is 0 Å². The molecule has 0 saturated heterocycles. The number of fused-ring (bicyclic) bond motifs is 3. The Labute approximate surface area is 116 Å². The lowest BCUT2D eigenvalue weighted by atomic mass is 10.2. The van der Waals surface area contributed by atoms with E-state index in [1.54, 1.807) is 7.05 Å². The zero-order valence-electron chi connectivity index (χ0n) is 11.0. The fraction of sp³-hybridized carbons (Fsp3) is 0.154. The number of nitrogens with one attached hydrogen (secondary N) is 1. The van der Waals surface area contributed by atoms with Gasteiger partial charge in [-0.2, -0.15) is 0 Å². The van der Waals surface area contributed by atoms with Gasteiger partial charge in [0.15, 0.2) is 6.29 Å². The molecule has 0 amide bonds. The van der Waals surface area contributed by atoms with Crippen molar-refractivity contribution in [2.75, 3.05) is 0 Å². The van der Waals surface area contributed by atoms with Crippen LogP contribution in [0.4, 0.5) is 0 Å². The van der Waals surface area contributed by atoms with Crippen LogP contribution in [0.5, 0.6) is 0 Å². The average molecular weight is 286 g/mol. The molecule has 3 heterocycles. The first-order valence-electron chi connectivity index (χ1n) is 6.08. The van der Waals surface area contributed by atoms with Gasteiger partial charge in [-0.3, -0.25) is 18.7 Å². The molecule has 0 radical (unpaired) electrons. The van der Waals surface area contributed by atoms with Gasteiger partial charge in [-0.15, -0.1) is 0 Å². The van der Waals surface area contributed by atoms with Crippen molar-refractivity contribution >= 4 is 34.6 Å². The van der Waals surface area contributed by atoms with Gasteiger partial charge in [0, 0.05) is 12.4 Å². The van der Waals surface area contributed by atoms with Crippen molar-refractivity contribution in [2.24, 2.45) is 7.05 Å². The first kappa shape index (κ1) is 13.0. The van der Waals surface area contributed by atoms with Gasteiger partial charge in [-0.25, -0.2) is 9.78 Å². The fourth-order valence-corrected chi connectivity index (χ4v) is 2.41. The standard InChI is InChI=1S/C13H10N4O4/c1-16-10-8-4-7(6-19)12(20)17(2-3-18)11(8)14-5-9(10)15-13(16)21/h3-6H,2H2,1H3,(H,15,21). The number of imidazole rings is 1. The van der Waals surface area contributed by atoms with E-state index in [4.69, 9.17) is 0 Å². The zero-order chi connectivity index (χ0) is 15.1. The molecule has 0 saturated carbocycles. The van der Waals surface area contributed by atoms with Crippen molar-refractivity contribution in [2.45, 2.75) is 6.54 Å². The second-order valence-corrected chi connectivity index (χ2v) is 4.55. The molecule has 0 spiro atoms. The van der Waals surface area contributed by atoms with Crippen LogP contribution < -0.4 is 11.2 Å². The Morgan fingerprint density at radius 1 is 1.33 bits per heavy atom. The molecule has 106 valence electrons. The van der Waals surface area contributed by atoms with Crippen LogP contribution in [0.1, 0.15) is 10.4 Å². The van der Waals surface area contributed by atoms with Crippen LogP contribution in [0.3, 0.4) is 0 Å². The first-order valence-corrected chi connectivity index (χ1v) is 6.08. The lowest BCUT2D eigenvalue weighted by Crippen LogP contribution is -2.25. The maximum absolute atomic E-state index is 12.1. The van der Waals surface area contributed by atoms with Gasteiger partial charge in [0.05, 0.1) is 29.3 Å². The van der Waals surface area contributed by atoms with Crippen LogP contribution in [-0.2, 0) is 18.4 Å². The van der Waals surface area contributed by atoms with Crippen molar-refractivity contribution < 1.29 is 9.59 Å². The number of aromatic amines is 1. The van der Waals surface area contributed by atoms with Gasteiger partial charge in [0.2, 0.25) is 0 Å². The Morgan fingerprint density at radius 2 is 2.10 bits per heavy atom. The molecule has 0 fully saturated rings. The average Bonchev–Trinajstić information content (AvgIpc) is 2.77. The third-order valence-corrected chi connectivity index (χ3v) is 3.38. The quantitative estimate of drug-likeness (QED) is 0.658. The number of hydrogen-bond acceptors (Lipinski definition) is 5. The van der Waals surface area contributed by atoms with E-state index in [2.05, 4.69) is 9.97 Å². The molecule has 0 aromatic carbocycles. The number of hydrogen-bond donors (Lipinski definition) is 1. The van der Waals surface area contributed by atoms with Crippen LogP contribution in [-0.4, -0.2) is 31.7 Å². The highest BCUT2D eigenvalue weighted by molar-refractivity contribution is 6.02. The van der Waals surface area contributed by atoms with Crippen molar-refractivity contribution in [3.05, 3.63) is 38.7 Å². The third-order valence-electron chi connectivity index (χ3n) is 3.38. The molecule has 0 aliphatic carbocycles. The third kappa shape index (κ3) is 1.72. The summed E-state index contributed by atoms with van der Waals surface area (Å²) < 4.78 is 2.48. The van der Waals surface area contributed by atoms with Crippen LogP contribution in [0.15, 0.2) is 21.9 Å². The molecule has 0 aliphatic heterocycles. The number of nitrogens with zero attached hydrogens (tertiary/aromatic N) is 3. The van der Waals surface area contributed by atoms with Gasteiger partial charge in [0.1, 0.15) is 11.9 Å². The molecule has 1 N–H and O–H groups in total. The largest absolute Gasteiger partial charge is 0.326 e. The fourth-order valence-electron chi connectivity index (χ4n) is 2.41. The highest BCUT2D eigenvalue weighted by atomic mass is 16.2. The van der Waals surface area contributed by atoms with Crippen molar-refractivity contribution in [3.63, 3.8) is 0 Å². The second kappa shape index (κ2) is 4.51. The van der Waals surface area contributed by atoms with E-state index in [1.807, 2.05) is 0 Å².